The van der Waals surface area contributed by atoms with Crippen molar-refractivity contribution in [3.63, 3.8) is 0 Å². The summed E-state index contributed by atoms with van der Waals surface area (Å²) in [5.41, 5.74) is 0. The van der Waals surface area contributed by atoms with Gasteiger partial charge in [-0.15, -0.1) is 0 Å². The van der Waals surface area contributed by atoms with Gasteiger partial charge < -0.3 is 145 Å². The van der Waals surface area contributed by atoms with Crippen LogP contribution in [-0.4, -0.2) is 148 Å². The van der Waals surface area contributed by atoms with E-state index in [1.807, 2.05) is 0 Å². The molecule has 30 nitrogen and oxygen atoms in total. The van der Waals surface area contributed by atoms with Crippen LogP contribution in [0.2, 0.25) is 0 Å². The molecular formula is C15H35O30P5V2-10. The molecule has 0 saturated heterocycles. The molecule has 0 rings (SSSR count). The Balaban J connectivity index is -0.0000000964. The maximum atomic E-state index is 9.71. The Hall–Kier alpha value is 1.32. The van der Waals surface area contributed by atoms with Crippen molar-refractivity contribution in [2.75, 3.05) is 66.1 Å². The fourth-order valence-corrected chi connectivity index (χ4v) is 2.92. The summed E-state index contributed by atoms with van der Waals surface area (Å²) >= 11 is 0. The third-order valence-corrected chi connectivity index (χ3v) is 5.51. The van der Waals surface area contributed by atoms with Gasteiger partial charge in [-0.2, -0.15) is 0 Å². The largest absolute Gasteiger partial charge is 0.790 e. The average molecular weight is 952 g/mol. The van der Waals surface area contributed by atoms with E-state index in [0.29, 0.717) is 0 Å². The molecule has 0 fully saturated rings. The van der Waals surface area contributed by atoms with Gasteiger partial charge in [-0.1, -0.05) is 0 Å². The molecule has 10 N–H and O–H groups in total. The van der Waals surface area contributed by atoms with E-state index in [-0.39, 0.29) is 37.1 Å². The standard InChI is InChI=1S/5C3H9O6P.2V/c5*4-1-3(5)2-9-10(6,7)8;;/h5*3-5H,1-2H2,(H2,6,7,8);;/p-10. The summed E-state index contributed by atoms with van der Waals surface area (Å²) in [5.74, 6) is 0. The predicted molar refractivity (Wildman–Crippen MR) is 133 cm³/mol. The third kappa shape index (κ3) is 76.1. The second kappa shape index (κ2) is 36.6. The average Bonchev–Trinajstić information content (AvgIpc) is 2.98. The van der Waals surface area contributed by atoms with Crippen molar-refractivity contribution >= 4 is 39.1 Å². The first-order valence-electron chi connectivity index (χ1n) is 12.0. The molecule has 0 spiro atoms. The number of phosphoric acid groups is 5. The Bertz CT molecular complexity index is 843. The van der Waals surface area contributed by atoms with E-state index in [2.05, 4.69) is 22.6 Å². The van der Waals surface area contributed by atoms with Crippen molar-refractivity contribution in [3.8, 4) is 0 Å². The van der Waals surface area contributed by atoms with E-state index in [9.17, 15) is 71.8 Å². The van der Waals surface area contributed by atoms with Crippen LogP contribution in [0.3, 0.4) is 0 Å². The quantitative estimate of drug-likeness (QED) is 0.0507. The summed E-state index contributed by atoms with van der Waals surface area (Å²) < 4.78 is 66.6. The van der Waals surface area contributed by atoms with Gasteiger partial charge in [0.1, 0.15) is 30.5 Å². The summed E-state index contributed by atoms with van der Waals surface area (Å²) in [6.45, 7) is -6.66. The molecule has 0 aliphatic rings. The van der Waals surface area contributed by atoms with Crippen LogP contribution < -0.4 is 48.9 Å². The molecule has 37 heteroatoms. The predicted octanol–water partition coefficient (Wildman–Crippen LogP) is -14.1. The number of aliphatic hydroxyl groups is 10. The molecule has 5 unspecified atom stereocenters. The van der Waals surface area contributed by atoms with Crippen LogP contribution in [0.15, 0.2) is 0 Å². The van der Waals surface area contributed by atoms with Crippen LogP contribution in [0.25, 0.3) is 0 Å². The molecule has 2 radical (unpaired) electrons. The third-order valence-electron chi connectivity index (χ3n) is 3.18. The molecule has 0 aromatic heterocycles. The molecule has 5 atom stereocenters. The maximum absolute atomic E-state index is 9.71. The van der Waals surface area contributed by atoms with Crippen LogP contribution >= 0.6 is 39.1 Å². The van der Waals surface area contributed by atoms with Crippen molar-refractivity contribution in [1.29, 1.82) is 0 Å². The number of hydrogen-bond acceptors (Lipinski definition) is 30. The molecule has 0 heterocycles. The van der Waals surface area contributed by atoms with Gasteiger partial charge >= 0.3 is 0 Å². The van der Waals surface area contributed by atoms with E-state index in [1.165, 1.54) is 0 Å². The summed E-state index contributed by atoms with van der Waals surface area (Å²) in [5, 5.41) is 82.8. The summed E-state index contributed by atoms with van der Waals surface area (Å²) in [6, 6.07) is 0. The van der Waals surface area contributed by atoms with Crippen LogP contribution in [0.1, 0.15) is 0 Å². The zero-order valence-electron chi connectivity index (χ0n) is 25.7. The number of rotatable bonds is 20. The van der Waals surface area contributed by atoms with Crippen molar-refractivity contribution < 1.29 is 183 Å². The van der Waals surface area contributed by atoms with Crippen molar-refractivity contribution in [2.45, 2.75) is 30.5 Å². The smallest absolute Gasteiger partial charge is 0.101 e. The van der Waals surface area contributed by atoms with E-state index < -0.39 is 136 Å². The van der Waals surface area contributed by atoms with Crippen molar-refractivity contribution in [3.05, 3.63) is 0 Å². The maximum Gasteiger partial charge on any atom is 0.101 e. The monoisotopic (exact) mass is 952 g/mol. The second-order valence-corrected chi connectivity index (χ2v) is 13.7. The fourth-order valence-electron chi connectivity index (χ4n) is 1.15. The van der Waals surface area contributed by atoms with Gasteiger partial charge in [0.05, 0.1) is 105 Å². The van der Waals surface area contributed by atoms with Gasteiger partial charge in [0.15, 0.2) is 0 Å². The zero-order chi connectivity index (χ0) is 41.0. The summed E-state index contributed by atoms with van der Waals surface area (Å²) in [6.07, 6.45) is -6.61. The molecule has 52 heavy (non-hydrogen) atoms. The summed E-state index contributed by atoms with van der Waals surface area (Å²) in [4.78, 5) is 97.1. The minimum Gasteiger partial charge on any atom is -0.790 e. The van der Waals surface area contributed by atoms with E-state index in [1.54, 1.807) is 0 Å². The number of phosphoric ester groups is 5. The first kappa shape index (κ1) is 68.0. The Kier molecular flexibility index (Phi) is 47.9. The van der Waals surface area contributed by atoms with E-state index in [4.69, 9.17) is 51.1 Å². The van der Waals surface area contributed by atoms with Crippen LogP contribution in [0.4, 0.5) is 0 Å². The molecular weight excluding hydrogens is 917 g/mol. The minimum atomic E-state index is -5.00. The van der Waals surface area contributed by atoms with Crippen molar-refractivity contribution in [2.24, 2.45) is 0 Å². The number of hydrogen-bond donors (Lipinski definition) is 10. The fraction of sp³-hybridized carbons (Fsp3) is 1.00. The van der Waals surface area contributed by atoms with Crippen LogP contribution in [0, 0.1) is 0 Å². The van der Waals surface area contributed by atoms with Gasteiger partial charge in [-0.25, -0.2) is 0 Å². The minimum absolute atomic E-state index is 0. The second-order valence-electron chi connectivity index (χ2n) is 7.90. The SMILES string of the molecule is O=P([O-])([O-])OCC(O)CO.O=P([O-])([O-])OCC(O)CO.O=P([O-])([O-])OCC(O)CO.O=P([O-])([O-])OCC(O)CO.O=P([O-])([O-])OCC(O)CO.[V].[V]. The number of aliphatic hydroxyl groups excluding tert-OH is 10. The molecule has 0 bridgehead atoms. The first-order chi connectivity index (χ1) is 22.3. The first-order valence-corrected chi connectivity index (χ1v) is 19.4. The Morgan fingerprint density at radius 3 is 0.481 bits per heavy atom. The van der Waals surface area contributed by atoms with Gasteiger partial charge in [-0.3, -0.25) is 0 Å². The summed E-state index contributed by atoms with van der Waals surface area (Å²) in [7, 11) is -25.0. The van der Waals surface area contributed by atoms with Gasteiger partial charge in [0.2, 0.25) is 0 Å². The van der Waals surface area contributed by atoms with Crippen LogP contribution in [0.5, 0.6) is 0 Å². The molecule has 0 saturated carbocycles. The van der Waals surface area contributed by atoms with Crippen molar-refractivity contribution in [1.82, 2.24) is 0 Å². The molecule has 0 amide bonds. The topological polar surface area (TPSA) is 564 Å². The van der Waals surface area contributed by atoms with Gasteiger partial charge in [0.25, 0.3) is 0 Å². The molecule has 0 aliphatic heterocycles. The Morgan fingerprint density at radius 2 is 0.423 bits per heavy atom. The molecule has 0 aliphatic carbocycles. The Morgan fingerprint density at radius 1 is 0.327 bits per heavy atom. The molecule has 320 valence electrons. The van der Waals surface area contributed by atoms with Gasteiger partial charge in [0, 0.05) is 37.1 Å². The Labute approximate surface area is 317 Å². The van der Waals surface area contributed by atoms with Gasteiger partial charge in [-0.05, 0) is 0 Å². The normalized spacial score (nSPS) is 14.6. The zero-order valence-corrected chi connectivity index (χ0v) is 33.0. The molecule has 0 aromatic rings. The molecule has 0 aromatic carbocycles. The van der Waals surface area contributed by atoms with E-state index >= 15 is 0 Å². The van der Waals surface area contributed by atoms with Crippen LogP contribution in [-0.2, 0) is 82.6 Å². The van der Waals surface area contributed by atoms with E-state index in [0.717, 1.165) is 0 Å².